The van der Waals surface area contributed by atoms with Crippen LogP contribution in [0.2, 0.25) is 0 Å². The molecule has 0 rings (SSSR count). The van der Waals surface area contributed by atoms with Gasteiger partial charge in [0.1, 0.15) is 0 Å². The highest BCUT2D eigenvalue weighted by atomic mass is 19.4. The van der Waals surface area contributed by atoms with E-state index in [4.69, 9.17) is 0 Å². The molecular weight excluding hydrogens is 469 g/mol. The van der Waals surface area contributed by atoms with Gasteiger partial charge in [-0.1, -0.05) is 0 Å². The molecule has 0 heterocycles. The van der Waals surface area contributed by atoms with Crippen LogP contribution in [-0.4, -0.2) is 54.1 Å². The fourth-order valence-electron chi connectivity index (χ4n) is 1.34. The lowest BCUT2D eigenvalue weighted by Gasteiger charge is -2.42. The van der Waals surface area contributed by atoms with Crippen molar-refractivity contribution in [1.82, 2.24) is 0 Å². The third-order valence-corrected chi connectivity index (χ3v) is 2.96. The largest absolute Gasteiger partial charge is 0.460 e. The summed E-state index contributed by atoms with van der Waals surface area (Å²) in [4.78, 5) is 0. The van der Waals surface area contributed by atoms with Crippen molar-refractivity contribution in [2.45, 2.75) is 54.1 Å². The summed E-state index contributed by atoms with van der Waals surface area (Å²) in [6.45, 7) is 0. The Morgan fingerprint density at radius 3 is 0.857 bits per heavy atom. The van der Waals surface area contributed by atoms with Crippen LogP contribution in [0.3, 0.4) is 0 Å². The van der Waals surface area contributed by atoms with Crippen LogP contribution in [0.1, 0.15) is 0 Å². The zero-order valence-electron chi connectivity index (χ0n) is 11.8. The lowest BCUT2D eigenvalue weighted by molar-refractivity contribution is -0.458. The Morgan fingerprint density at radius 2 is 0.607 bits per heavy atom. The summed E-state index contributed by atoms with van der Waals surface area (Å²) in [6, 6.07) is 0. The SMILES string of the molecule is FC(C(F)(F)F)C(F)(F)C(F)(F)C(F)(F)C(F)(F)C(F)(F)C(F)(F)C(F)(F)F. The van der Waals surface area contributed by atoms with E-state index in [9.17, 15) is 83.4 Å². The summed E-state index contributed by atoms with van der Waals surface area (Å²) in [5.41, 5.74) is 0. The van der Waals surface area contributed by atoms with Gasteiger partial charge in [0.2, 0.25) is 0 Å². The van der Waals surface area contributed by atoms with Gasteiger partial charge in [-0.05, 0) is 0 Å². The molecule has 0 amide bonds. The Hall–Kier alpha value is -1.33. The number of halogens is 19. The maximum absolute atomic E-state index is 12.9. The van der Waals surface area contributed by atoms with Gasteiger partial charge in [0.25, 0.3) is 6.17 Å². The second-order valence-electron chi connectivity index (χ2n) is 4.90. The normalized spacial score (nSPS) is 17.7. The third-order valence-electron chi connectivity index (χ3n) is 2.96. The fraction of sp³-hybridized carbons (Fsp3) is 1.00. The topological polar surface area (TPSA) is 0 Å². The smallest absolute Gasteiger partial charge is 0.230 e. The van der Waals surface area contributed by atoms with Crippen LogP contribution in [-0.2, 0) is 0 Å². The first kappa shape index (κ1) is 26.7. The minimum atomic E-state index is -8.77. The first-order chi connectivity index (χ1) is 11.7. The molecule has 0 aliphatic rings. The van der Waals surface area contributed by atoms with Gasteiger partial charge in [0.15, 0.2) is 0 Å². The summed E-state index contributed by atoms with van der Waals surface area (Å²) in [5.74, 6) is -50.9. The minimum absolute atomic E-state index is 6.44. The van der Waals surface area contributed by atoms with Gasteiger partial charge >= 0.3 is 47.9 Å². The summed E-state index contributed by atoms with van der Waals surface area (Å²) in [6.07, 6.45) is -21.5. The van der Waals surface area contributed by atoms with Crippen molar-refractivity contribution in [3.05, 3.63) is 0 Å². The standard InChI is InChI=1S/C9HF19/c10-1(3(13,14)15)2(11,12)4(16,17)5(18,19)6(20,21)7(22,23)8(24,25)9(26,27)28/h1H. The van der Waals surface area contributed by atoms with Crippen LogP contribution in [0.15, 0.2) is 0 Å². The Kier molecular flexibility index (Phi) is 6.03. The molecule has 1 atom stereocenters. The van der Waals surface area contributed by atoms with Crippen LogP contribution < -0.4 is 0 Å². The summed E-state index contributed by atoms with van der Waals surface area (Å²) in [5, 5.41) is 0. The zero-order valence-corrected chi connectivity index (χ0v) is 11.8. The maximum atomic E-state index is 12.9. The highest BCUT2D eigenvalue weighted by molar-refractivity contribution is 5.14. The minimum Gasteiger partial charge on any atom is -0.230 e. The molecule has 0 aliphatic carbocycles. The maximum Gasteiger partial charge on any atom is 0.460 e. The van der Waals surface area contributed by atoms with Crippen LogP contribution in [0.4, 0.5) is 83.4 Å². The van der Waals surface area contributed by atoms with Gasteiger partial charge in [0, 0.05) is 0 Å². The van der Waals surface area contributed by atoms with Crippen molar-refractivity contribution >= 4 is 0 Å². The molecule has 0 fully saturated rings. The molecule has 0 saturated heterocycles. The second kappa shape index (κ2) is 6.33. The number of hydrogen-bond donors (Lipinski definition) is 0. The monoisotopic (exact) mass is 470 g/mol. The van der Waals surface area contributed by atoms with Crippen molar-refractivity contribution in [1.29, 1.82) is 0 Å². The van der Waals surface area contributed by atoms with Gasteiger partial charge in [0.05, 0.1) is 0 Å². The fourth-order valence-corrected chi connectivity index (χ4v) is 1.34. The molecule has 0 aromatic rings. The molecule has 0 nitrogen and oxygen atoms in total. The van der Waals surface area contributed by atoms with Crippen LogP contribution in [0, 0.1) is 0 Å². The second-order valence-corrected chi connectivity index (χ2v) is 4.90. The zero-order chi connectivity index (χ0) is 23.6. The lowest BCUT2D eigenvalue weighted by atomic mass is 9.89. The Bertz CT molecular complexity index is 561. The average molecular weight is 470 g/mol. The summed E-state index contributed by atoms with van der Waals surface area (Å²) >= 11 is 0. The molecule has 0 bridgehead atoms. The predicted molar refractivity (Wildman–Crippen MR) is 46.7 cm³/mol. The van der Waals surface area contributed by atoms with Crippen molar-refractivity contribution in [3.8, 4) is 0 Å². The van der Waals surface area contributed by atoms with E-state index in [1.54, 1.807) is 0 Å². The molecule has 0 aromatic carbocycles. The molecule has 0 aromatic heterocycles. The number of hydrogen-bond acceptors (Lipinski definition) is 0. The van der Waals surface area contributed by atoms with Crippen molar-refractivity contribution in [2.24, 2.45) is 0 Å². The van der Waals surface area contributed by atoms with Crippen LogP contribution in [0.5, 0.6) is 0 Å². The summed E-state index contributed by atoms with van der Waals surface area (Å²) in [7, 11) is 0. The molecule has 0 N–H and O–H groups in total. The molecule has 0 saturated carbocycles. The molecule has 0 spiro atoms. The average Bonchev–Trinajstić information content (AvgIpc) is 2.42. The third kappa shape index (κ3) is 3.30. The van der Waals surface area contributed by atoms with E-state index in [1.807, 2.05) is 0 Å². The highest BCUT2D eigenvalue weighted by Gasteiger charge is 2.94. The molecule has 170 valence electrons. The quantitative estimate of drug-likeness (QED) is 0.403. The Morgan fingerprint density at radius 1 is 0.357 bits per heavy atom. The Labute approximate surface area is 139 Å². The molecule has 0 aliphatic heterocycles. The van der Waals surface area contributed by atoms with E-state index >= 15 is 0 Å². The van der Waals surface area contributed by atoms with Crippen LogP contribution in [0.25, 0.3) is 0 Å². The highest BCUT2D eigenvalue weighted by Crippen LogP contribution is 2.63. The van der Waals surface area contributed by atoms with E-state index in [0.29, 0.717) is 0 Å². The van der Waals surface area contributed by atoms with Crippen LogP contribution >= 0.6 is 0 Å². The van der Waals surface area contributed by atoms with E-state index in [1.165, 1.54) is 0 Å². The molecule has 19 heteroatoms. The van der Waals surface area contributed by atoms with Crippen molar-refractivity contribution in [2.75, 3.05) is 0 Å². The number of alkyl halides is 19. The van der Waals surface area contributed by atoms with Gasteiger partial charge in [-0.15, -0.1) is 0 Å². The van der Waals surface area contributed by atoms with E-state index in [0.717, 1.165) is 0 Å². The van der Waals surface area contributed by atoms with Gasteiger partial charge < -0.3 is 0 Å². The Balaban J connectivity index is 6.64. The van der Waals surface area contributed by atoms with Crippen molar-refractivity contribution in [3.63, 3.8) is 0 Å². The molecular formula is C9HF19. The van der Waals surface area contributed by atoms with Crippen molar-refractivity contribution < 1.29 is 83.4 Å². The van der Waals surface area contributed by atoms with Gasteiger partial charge in [-0.3, -0.25) is 0 Å². The van der Waals surface area contributed by atoms with E-state index < -0.39 is 54.1 Å². The van der Waals surface area contributed by atoms with E-state index in [2.05, 4.69) is 0 Å². The first-order valence-electron chi connectivity index (χ1n) is 5.70. The summed E-state index contributed by atoms with van der Waals surface area (Å²) < 4.78 is 236. The molecule has 0 radical (unpaired) electrons. The number of rotatable bonds is 6. The predicted octanol–water partition coefficient (Wildman–Crippen LogP) is 6.26. The van der Waals surface area contributed by atoms with E-state index in [-0.39, 0.29) is 0 Å². The molecule has 28 heavy (non-hydrogen) atoms. The van der Waals surface area contributed by atoms with Gasteiger partial charge in [-0.2, -0.15) is 79.0 Å². The first-order valence-corrected chi connectivity index (χ1v) is 5.70. The van der Waals surface area contributed by atoms with Gasteiger partial charge in [-0.25, -0.2) is 4.39 Å². The molecule has 1 unspecified atom stereocenters. The lowest BCUT2D eigenvalue weighted by Crippen LogP contribution is -2.74.